The molecule has 19 heavy (non-hydrogen) atoms. The van der Waals surface area contributed by atoms with Gasteiger partial charge in [-0.15, -0.1) is 0 Å². The first kappa shape index (κ1) is 16.8. The molecule has 0 heterocycles. The van der Waals surface area contributed by atoms with Crippen LogP contribution in [0.3, 0.4) is 0 Å². The Labute approximate surface area is 108 Å². The van der Waals surface area contributed by atoms with Crippen molar-refractivity contribution in [3.8, 4) is 0 Å². The Morgan fingerprint density at radius 3 is 2.11 bits per heavy atom. The fourth-order valence-electron chi connectivity index (χ4n) is 1.19. The lowest BCUT2D eigenvalue weighted by Gasteiger charge is -2.20. The van der Waals surface area contributed by atoms with Crippen LogP contribution < -0.4 is 21.3 Å². The topological polar surface area (TPSA) is 173 Å². The predicted octanol–water partition coefficient (Wildman–Crippen LogP) is -4.06. The highest BCUT2D eigenvalue weighted by molar-refractivity contribution is 5.83. The van der Waals surface area contributed by atoms with Gasteiger partial charge in [-0.05, 0) is 19.3 Å². The summed E-state index contributed by atoms with van der Waals surface area (Å²) in [4.78, 5) is 42.5. The first-order valence-corrected chi connectivity index (χ1v) is 5.42. The molecule has 1 amide bonds. The van der Waals surface area contributed by atoms with Gasteiger partial charge in [-0.1, -0.05) is 0 Å². The van der Waals surface area contributed by atoms with Crippen LogP contribution in [0.1, 0.15) is 25.7 Å². The Balaban J connectivity index is 4.20. The molecule has 0 aliphatic carbocycles. The average molecular weight is 274 g/mol. The second-order valence-electron chi connectivity index (χ2n) is 3.83. The molecule has 0 radical (unpaired) electrons. The van der Waals surface area contributed by atoms with Crippen LogP contribution in [0.5, 0.6) is 0 Å². The summed E-state index contributed by atoms with van der Waals surface area (Å²) in [5.74, 6) is -5.10. The molecule has 0 bridgehead atoms. The molecule has 2 unspecified atom stereocenters. The maximum Gasteiger partial charge on any atom is 0.320 e. The molecule has 108 valence electrons. The smallest absolute Gasteiger partial charge is 0.320 e. The standard InChI is InChI=1S/C10H16N2O7/c11-5(9(16)17)1-3-7(13)12-6(10(18)19)2-4-8(14)15/h5-6H,1-4,11H2,(H,12,13)(H,14,15)(H,16,17)(H,18,19)/p-2. The number of carbonyl (C=O) groups is 4. The van der Waals surface area contributed by atoms with Crippen LogP contribution in [0.25, 0.3) is 0 Å². The number of hydrogen-bond donors (Lipinski definition) is 3. The number of carboxylic acids is 3. The summed E-state index contributed by atoms with van der Waals surface area (Å²) in [6, 6.07) is -2.69. The molecule has 0 fully saturated rings. The van der Waals surface area contributed by atoms with Gasteiger partial charge in [0.1, 0.15) is 6.04 Å². The quantitative estimate of drug-likeness (QED) is 0.380. The van der Waals surface area contributed by atoms with Crippen molar-refractivity contribution in [2.24, 2.45) is 5.73 Å². The molecule has 0 rings (SSSR count). The monoisotopic (exact) mass is 274 g/mol. The highest BCUT2D eigenvalue weighted by atomic mass is 16.4. The number of nitrogens with two attached hydrogens (primary N) is 1. The van der Waals surface area contributed by atoms with Crippen LogP contribution >= 0.6 is 0 Å². The highest BCUT2D eigenvalue weighted by Crippen LogP contribution is 1.99. The second-order valence-corrected chi connectivity index (χ2v) is 3.83. The lowest BCUT2D eigenvalue weighted by Crippen LogP contribution is -2.48. The molecule has 0 spiro atoms. The van der Waals surface area contributed by atoms with E-state index in [9.17, 15) is 29.4 Å². The largest absolute Gasteiger partial charge is 0.550 e. The maximum absolute atomic E-state index is 11.3. The van der Waals surface area contributed by atoms with E-state index in [1.54, 1.807) is 0 Å². The van der Waals surface area contributed by atoms with Crippen LogP contribution in [0.4, 0.5) is 0 Å². The van der Waals surface area contributed by atoms with E-state index < -0.39 is 42.3 Å². The molecule has 4 N–H and O–H groups in total. The van der Waals surface area contributed by atoms with Crippen LogP contribution in [0.15, 0.2) is 0 Å². The second kappa shape index (κ2) is 8.03. The maximum atomic E-state index is 11.3. The van der Waals surface area contributed by atoms with Gasteiger partial charge in [0.05, 0.1) is 12.0 Å². The Bertz CT molecular complexity index is 369. The molecule has 0 aromatic rings. The van der Waals surface area contributed by atoms with Gasteiger partial charge in [0.15, 0.2) is 0 Å². The predicted molar refractivity (Wildman–Crippen MR) is 56.0 cm³/mol. The third kappa shape index (κ3) is 7.71. The summed E-state index contributed by atoms with van der Waals surface area (Å²) in [7, 11) is 0. The van der Waals surface area contributed by atoms with Crippen LogP contribution in [-0.4, -0.2) is 41.0 Å². The average Bonchev–Trinajstić information content (AvgIpc) is 2.30. The fourth-order valence-corrected chi connectivity index (χ4v) is 1.19. The van der Waals surface area contributed by atoms with Gasteiger partial charge in [-0.25, -0.2) is 0 Å². The summed E-state index contributed by atoms with van der Waals surface area (Å²) in [5.41, 5.74) is 5.16. The van der Waals surface area contributed by atoms with E-state index in [1.165, 1.54) is 0 Å². The zero-order valence-electron chi connectivity index (χ0n) is 9.96. The fraction of sp³-hybridized carbons (Fsp3) is 0.600. The molecule has 9 heteroatoms. The van der Waals surface area contributed by atoms with Crippen LogP contribution in [0.2, 0.25) is 0 Å². The summed E-state index contributed by atoms with van der Waals surface area (Å²) >= 11 is 0. The minimum absolute atomic E-state index is 0.165. The van der Waals surface area contributed by atoms with Crippen molar-refractivity contribution in [2.45, 2.75) is 37.8 Å². The molecule has 0 aliphatic rings. The van der Waals surface area contributed by atoms with E-state index in [0.717, 1.165) is 0 Å². The van der Waals surface area contributed by atoms with Crippen LogP contribution in [-0.2, 0) is 19.2 Å². The molecule has 0 aromatic heterocycles. The number of nitrogens with one attached hydrogen (secondary N) is 1. The van der Waals surface area contributed by atoms with Gasteiger partial charge in [0, 0.05) is 12.4 Å². The zero-order valence-corrected chi connectivity index (χ0v) is 9.96. The van der Waals surface area contributed by atoms with Gasteiger partial charge < -0.3 is 36.0 Å². The van der Waals surface area contributed by atoms with Gasteiger partial charge >= 0.3 is 5.97 Å². The van der Waals surface area contributed by atoms with E-state index in [0.29, 0.717) is 0 Å². The molecular formula is C10H14N2O7-2. The number of rotatable bonds is 9. The number of carbonyl (C=O) groups excluding carboxylic acids is 3. The Kier molecular flexibility index (Phi) is 7.12. The molecule has 0 aromatic carbocycles. The Morgan fingerprint density at radius 1 is 1.11 bits per heavy atom. The van der Waals surface area contributed by atoms with Crippen molar-refractivity contribution in [3.63, 3.8) is 0 Å². The summed E-state index contributed by atoms with van der Waals surface area (Å²) < 4.78 is 0. The summed E-state index contributed by atoms with van der Waals surface area (Å²) in [6.07, 6.45) is -1.38. The first-order valence-electron chi connectivity index (χ1n) is 5.42. The van der Waals surface area contributed by atoms with Gasteiger partial charge in [-0.3, -0.25) is 9.59 Å². The van der Waals surface area contributed by atoms with Crippen molar-refractivity contribution in [1.82, 2.24) is 5.32 Å². The minimum Gasteiger partial charge on any atom is -0.550 e. The number of hydrogen-bond acceptors (Lipinski definition) is 7. The van der Waals surface area contributed by atoms with Crippen molar-refractivity contribution in [1.29, 1.82) is 0 Å². The van der Waals surface area contributed by atoms with Gasteiger partial charge in [-0.2, -0.15) is 0 Å². The molecule has 0 saturated heterocycles. The van der Waals surface area contributed by atoms with Crippen molar-refractivity contribution < 1.29 is 34.5 Å². The zero-order chi connectivity index (χ0) is 15.0. The van der Waals surface area contributed by atoms with E-state index >= 15 is 0 Å². The van der Waals surface area contributed by atoms with E-state index in [1.807, 2.05) is 5.32 Å². The van der Waals surface area contributed by atoms with Crippen molar-refractivity contribution in [3.05, 3.63) is 0 Å². The molecule has 0 saturated carbocycles. The third-order valence-corrected chi connectivity index (χ3v) is 2.26. The van der Waals surface area contributed by atoms with Crippen molar-refractivity contribution in [2.75, 3.05) is 0 Å². The van der Waals surface area contributed by atoms with E-state index in [4.69, 9.17) is 10.8 Å². The van der Waals surface area contributed by atoms with Gasteiger partial charge in [0.2, 0.25) is 5.91 Å². The molecule has 9 nitrogen and oxygen atoms in total. The van der Waals surface area contributed by atoms with Gasteiger partial charge in [0.25, 0.3) is 0 Å². The number of amides is 1. The Morgan fingerprint density at radius 2 is 1.68 bits per heavy atom. The molecular weight excluding hydrogens is 260 g/mol. The van der Waals surface area contributed by atoms with Crippen LogP contribution in [0, 0.1) is 0 Å². The lowest BCUT2D eigenvalue weighted by molar-refractivity contribution is -0.310. The van der Waals surface area contributed by atoms with E-state index in [2.05, 4.69) is 0 Å². The Hall–Kier alpha value is -2.16. The summed E-state index contributed by atoms with van der Waals surface area (Å²) in [5, 5.41) is 31.3. The molecule has 0 aliphatic heterocycles. The minimum atomic E-state index is -1.63. The van der Waals surface area contributed by atoms with E-state index in [-0.39, 0.29) is 19.3 Å². The van der Waals surface area contributed by atoms with Crippen molar-refractivity contribution >= 4 is 23.8 Å². The SMILES string of the molecule is NC(CCC(=O)NC(CCC(=O)[O-])C(=O)[O-])C(=O)O. The normalized spacial score (nSPS) is 13.3. The summed E-state index contributed by atoms with van der Waals surface area (Å²) in [6.45, 7) is 0. The first-order chi connectivity index (χ1) is 8.73. The number of carboxylic acid groups (broad SMARTS) is 3. The number of aliphatic carboxylic acids is 3. The third-order valence-electron chi connectivity index (χ3n) is 2.26. The highest BCUT2D eigenvalue weighted by Gasteiger charge is 2.16. The molecule has 2 atom stereocenters. The lowest BCUT2D eigenvalue weighted by atomic mass is 10.1.